The summed E-state index contributed by atoms with van der Waals surface area (Å²) in [6.07, 6.45) is -0.458. The number of aliphatic hydroxyl groups is 1. The Morgan fingerprint density at radius 1 is 1.14 bits per heavy atom. The van der Waals surface area contributed by atoms with Crippen LogP contribution in [0.2, 0.25) is 0 Å². The second-order valence-corrected chi connectivity index (χ2v) is 5.91. The van der Waals surface area contributed by atoms with Crippen molar-refractivity contribution in [3.63, 3.8) is 0 Å². The van der Waals surface area contributed by atoms with E-state index < -0.39 is 6.10 Å². The van der Waals surface area contributed by atoms with E-state index in [1.807, 2.05) is 13.0 Å². The largest absolute Gasteiger partial charge is 0.387 e. The summed E-state index contributed by atoms with van der Waals surface area (Å²) in [4.78, 5) is 2.24. The molecule has 5 nitrogen and oxygen atoms in total. The molecular formula is C16H22N4O. The van der Waals surface area contributed by atoms with Gasteiger partial charge in [-0.1, -0.05) is 18.2 Å². The first kappa shape index (κ1) is 14.2. The van der Waals surface area contributed by atoms with Crippen molar-refractivity contribution in [2.45, 2.75) is 40.0 Å². The summed E-state index contributed by atoms with van der Waals surface area (Å²) in [5, 5.41) is 18.8. The lowest BCUT2D eigenvalue weighted by molar-refractivity contribution is 0.0959. The van der Waals surface area contributed by atoms with E-state index in [0.29, 0.717) is 6.54 Å². The molecule has 0 radical (unpaired) electrons. The maximum absolute atomic E-state index is 10.5. The molecule has 2 heterocycles. The number of aromatic nitrogens is 3. The maximum atomic E-state index is 10.5. The molecule has 1 aromatic carbocycles. The van der Waals surface area contributed by atoms with Crippen LogP contribution < -0.4 is 0 Å². The minimum absolute atomic E-state index is 0.458. The van der Waals surface area contributed by atoms with Crippen LogP contribution in [0.15, 0.2) is 18.2 Å². The molecule has 21 heavy (non-hydrogen) atoms. The smallest absolute Gasteiger partial charge is 0.147 e. The zero-order valence-corrected chi connectivity index (χ0v) is 12.9. The number of β-amino-alcohol motifs (C(OH)–C–C–N with tert-alkyl or cyclic N) is 1. The summed E-state index contributed by atoms with van der Waals surface area (Å²) in [6, 6.07) is 6.17. The fourth-order valence-electron chi connectivity index (χ4n) is 2.83. The van der Waals surface area contributed by atoms with Crippen LogP contribution in [0.25, 0.3) is 0 Å². The van der Waals surface area contributed by atoms with Gasteiger partial charge in [-0.05, 0) is 37.5 Å². The Morgan fingerprint density at radius 3 is 2.71 bits per heavy atom. The van der Waals surface area contributed by atoms with Crippen LogP contribution in [0, 0.1) is 20.8 Å². The van der Waals surface area contributed by atoms with Crippen LogP contribution >= 0.6 is 0 Å². The Hall–Kier alpha value is -1.72. The Kier molecular flexibility index (Phi) is 3.78. The predicted molar refractivity (Wildman–Crippen MR) is 80.9 cm³/mol. The number of hydrogen-bond donors (Lipinski definition) is 1. The minimum atomic E-state index is -0.458. The molecule has 0 saturated carbocycles. The predicted octanol–water partition coefficient (Wildman–Crippen LogP) is 1.75. The Balaban J connectivity index is 1.68. The first-order valence-electron chi connectivity index (χ1n) is 7.41. The number of aliphatic hydroxyl groups excluding tert-OH is 1. The Morgan fingerprint density at radius 2 is 1.95 bits per heavy atom. The molecule has 5 heteroatoms. The van der Waals surface area contributed by atoms with Gasteiger partial charge in [0.05, 0.1) is 12.6 Å². The highest BCUT2D eigenvalue weighted by molar-refractivity contribution is 5.31. The monoisotopic (exact) mass is 286 g/mol. The normalized spacial score (nSPS) is 16.8. The van der Waals surface area contributed by atoms with E-state index >= 15 is 0 Å². The lowest BCUT2D eigenvalue weighted by atomic mass is 10.0. The van der Waals surface area contributed by atoms with E-state index in [9.17, 15) is 5.11 Å². The van der Waals surface area contributed by atoms with E-state index in [-0.39, 0.29) is 0 Å². The van der Waals surface area contributed by atoms with Crippen LogP contribution in [-0.4, -0.2) is 37.9 Å². The molecule has 0 unspecified atom stereocenters. The quantitative estimate of drug-likeness (QED) is 0.934. The van der Waals surface area contributed by atoms with Crippen molar-refractivity contribution in [1.82, 2.24) is 19.7 Å². The van der Waals surface area contributed by atoms with Gasteiger partial charge in [-0.2, -0.15) is 0 Å². The number of rotatable bonds is 3. The third-order valence-electron chi connectivity index (χ3n) is 4.36. The molecule has 0 amide bonds. The highest BCUT2D eigenvalue weighted by Gasteiger charge is 2.22. The highest BCUT2D eigenvalue weighted by atomic mass is 16.3. The van der Waals surface area contributed by atoms with Gasteiger partial charge in [-0.3, -0.25) is 4.90 Å². The number of nitrogens with zero attached hydrogens (tertiary/aromatic N) is 4. The third-order valence-corrected chi connectivity index (χ3v) is 4.36. The summed E-state index contributed by atoms with van der Waals surface area (Å²) in [5.74, 6) is 1.96. The van der Waals surface area contributed by atoms with Crippen LogP contribution in [0.4, 0.5) is 0 Å². The molecule has 0 aliphatic carbocycles. The summed E-state index contributed by atoms with van der Waals surface area (Å²) >= 11 is 0. The average molecular weight is 286 g/mol. The minimum Gasteiger partial charge on any atom is -0.387 e. The van der Waals surface area contributed by atoms with Gasteiger partial charge in [-0.25, -0.2) is 0 Å². The number of benzene rings is 1. The average Bonchev–Trinajstić information content (AvgIpc) is 2.83. The Bertz CT molecular complexity index is 650. The van der Waals surface area contributed by atoms with Gasteiger partial charge in [0.2, 0.25) is 0 Å². The van der Waals surface area contributed by atoms with Crippen molar-refractivity contribution in [3.05, 3.63) is 46.5 Å². The molecule has 112 valence electrons. The lowest BCUT2D eigenvalue weighted by Crippen LogP contribution is -2.36. The lowest BCUT2D eigenvalue weighted by Gasteiger charge is -2.29. The van der Waals surface area contributed by atoms with Gasteiger partial charge >= 0.3 is 0 Å². The first-order valence-corrected chi connectivity index (χ1v) is 7.41. The SMILES string of the molecule is Cc1ccc([C@H](O)CN2CCn3c(C)nnc3C2)cc1C. The van der Waals surface area contributed by atoms with Gasteiger partial charge in [0.1, 0.15) is 11.6 Å². The number of hydrogen-bond acceptors (Lipinski definition) is 4. The van der Waals surface area contributed by atoms with Crippen molar-refractivity contribution in [2.75, 3.05) is 13.1 Å². The molecule has 3 rings (SSSR count). The van der Waals surface area contributed by atoms with Gasteiger partial charge < -0.3 is 9.67 Å². The van der Waals surface area contributed by atoms with Crippen LogP contribution in [0.1, 0.15) is 34.4 Å². The highest BCUT2D eigenvalue weighted by Crippen LogP contribution is 2.20. The van der Waals surface area contributed by atoms with Crippen LogP contribution in [-0.2, 0) is 13.1 Å². The van der Waals surface area contributed by atoms with Crippen molar-refractivity contribution in [1.29, 1.82) is 0 Å². The molecule has 0 spiro atoms. The van der Waals surface area contributed by atoms with Gasteiger partial charge in [0, 0.05) is 19.6 Å². The number of fused-ring (bicyclic) bond motifs is 1. The third kappa shape index (κ3) is 2.84. The maximum Gasteiger partial charge on any atom is 0.147 e. The van der Waals surface area contributed by atoms with E-state index in [4.69, 9.17) is 0 Å². The zero-order valence-electron chi connectivity index (χ0n) is 12.9. The van der Waals surface area contributed by atoms with Gasteiger partial charge in [0.15, 0.2) is 0 Å². The van der Waals surface area contributed by atoms with E-state index in [2.05, 4.69) is 45.6 Å². The second-order valence-electron chi connectivity index (χ2n) is 5.91. The molecule has 1 aliphatic heterocycles. The van der Waals surface area contributed by atoms with E-state index in [1.54, 1.807) is 0 Å². The van der Waals surface area contributed by atoms with Crippen molar-refractivity contribution >= 4 is 0 Å². The van der Waals surface area contributed by atoms with Crippen molar-refractivity contribution < 1.29 is 5.11 Å². The molecule has 2 aromatic rings. The molecule has 1 atom stereocenters. The molecule has 1 N–H and O–H groups in total. The van der Waals surface area contributed by atoms with E-state index in [1.165, 1.54) is 11.1 Å². The first-order chi connectivity index (χ1) is 10.0. The second kappa shape index (κ2) is 5.58. The molecule has 0 bridgehead atoms. The summed E-state index contributed by atoms with van der Waals surface area (Å²) in [6.45, 7) is 9.36. The topological polar surface area (TPSA) is 54.2 Å². The standard InChI is InChI=1S/C16H22N4O/c1-11-4-5-14(8-12(11)2)15(21)9-19-6-7-20-13(3)17-18-16(20)10-19/h4-5,8,15,21H,6-7,9-10H2,1-3H3/t15-/m1/s1. The zero-order chi connectivity index (χ0) is 15.0. The van der Waals surface area contributed by atoms with Crippen LogP contribution in [0.5, 0.6) is 0 Å². The fourth-order valence-corrected chi connectivity index (χ4v) is 2.83. The summed E-state index contributed by atoms with van der Waals surface area (Å²) < 4.78 is 2.15. The molecule has 1 aromatic heterocycles. The number of aryl methyl sites for hydroxylation is 3. The molecular weight excluding hydrogens is 264 g/mol. The molecule has 0 fully saturated rings. The van der Waals surface area contributed by atoms with Gasteiger partial charge in [-0.15, -0.1) is 10.2 Å². The van der Waals surface area contributed by atoms with E-state index in [0.717, 1.165) is 36.8 Å². The fraction of sp³-hybridized carbons (Fsp3) is 0.500. The summed E-state index contributed by atoms with van der Waals surface area (Å²) in [5.41, 5.74) is 3.47. The Labute approximate surface area is 125 Å². The van der Waals surface area contributed by atoms with Crippen molar-refractivity contribution in [2.24, 2.45) is 0 Å². The molecule has 0 saturated heterocycles. The van der Waals surface area contributed by atoms with Crippen molar-refractivity contribution in [3.8, 4) is 0 Å². The van der Waals surface area contributed by atoms with Gasteiger partial charge in [0.25, 0.3) is 0 Å². The summed E-state index contributed by atoms with van der Waals surface area (Å²) in [7, 11) is 0. The molecule has 1 aliphatic rings. The van der Waals surface area contributed by atoms with Crippen LogP contribution in [0.3, 0.4) is 0 Å².